The number of carbonyl (C=O) groups is 2. The van der Waals surface area contributed by atoms with E-state index in [-0.39, 0.29) is 28.3 Å². The highest BCUT2D eigenvalue weighted by Gasteiger charge is 2.54. The lowest BCUT2D eigenvalue weighted by Gasteiger charge is -2.47. The Hall–Kier alpha value is -2.37. The molecule has 0 radical (unpaired) electrons. The second kappa shape index (κ2) is 10.7. The number of aliphatic imine (C=N–C) groups is 1. The molecule has 6 heteroatoms. The molecule has 2 aliphatic heterocycles. The van der Waals surface area contributed by atoms with E-state index in [4.69, 9.17) is 4.99 Å². The second-order valence-electron chi connectivity index (χ2n) is 14.3. The first-order valence-electron chi connectivity index (χ1n) is 14.7. The molecular formula is C32H49N3O3. The molecule has 2 fully saturated rings. The summed E-state index contributed by atoms with van der Waals surface area (Å²) < 4.78 is 0. The molecule has 1 unspecified atom stereocenters. The Kier molecular flexibility index (Phi) is 8.03. The quantitative estimate of drug-likeness (QED) is 0.429. The molecule has 1 saturated carbocycles. The number of nitrogens with zero attached hydrogens (tertiary/aromatic N) is 3. The summed E-state index contributed by atoms with van der Waals surface area (Å²) in [5.74, 6) is 0.908. The van der Waals surface area contributed by atoms with Crippen LogP contribution in [0.1, 0.15) is 122 Å². The van der Waals surface area contributed by atoms with Gasteiger partial charge in [-0.25, -0.2) is 9.79 Å². The van der Waals surface area contributed by atoms with Gasteiger partial charge in [-0.2, -0.15) is 0 Å². The zero-order valence-electron chi connectivity index (χ0n) is 24.7. The number of carbonyl (C=O) groups excluding carboxylic acids is 1. The van der Waals surface area contributed by atoms with Gasteiger partial charge >= 0.3 is 5.97 Å². The molecule has 0 aromatic heterocycles. The minimum absolute atomic E-state index is 0.0629. The number of likely N-dealkylation sites (tertiary alicyclic amines) is 1. The molecular weight excluding hydrogens is 474 g/mol. The van der Waals surface area contributed by atoms with Crippen molar-refractivity contribution >= 4 is 17.7 Å². The Balaban J connectivity index is 1.74. The molecule has 1 amide bonds. The van der Waals surface area contributed by atoms with E-state index in [2.05, 4.69) is 58.3 Å². The van der Waals surface area contributed by atoms with Crippen LogP contribution in [-0.2, 0) is 4.79 Å². The number of amides is 1. The highest BCUT2D eigenvalue weighted by molar-refractivity contribution is 6.39. The summed E-state index contributed by atoms with van der Waals surface area (Å²) in [6.45, 7) is 17.7. The molecule has 1 spiro atoms. The maximum absolute atomic E-state index is 14.5. The van der Waals surface area contributed by atoms with Gasteiger partial charge in [0.25, 0.3) is 5.91 Å². The summed E-state index contributed by atoms with van der Waals surface area (Å²) >= 11 is 0. The van der Waals surface area contributed by atoms with E-state index in [1.807, 2.05) is 12.1 Å². The van der Waals surface area contributed by atoms with Crippen LogP contribution in [0.2, 0.25) is 0 Å². The molecule has 1 aromatic carbocycles. The molecule has 1 N–H and O–H groups in total. The number of rotatable bonds is 6. The van der Waals surface area contributed by atoms with Gasteiger partial charge in [0.05, 0.1) is 11.6 Å². The van der Waals surface area contributed by atoms with Gasteiger partial charge in [-0.05, 0) is 91.7 Å². The maximum Gasteiger partial charge on any atom is 0.335 e. The first-order chi connectivity index (χ1) is 17.7. The number of piperidine rings is 1. The van der Waals surface area contributed by atoms with Crippen LogP contribution in [0.25, 0.3) is 0 Å². The molecule has 0 bridgehead atoms. The molecule has 38 heavy (non-hydrogen) atoms. The fourth-order valence-electron chi connectivity index (χ4n) is 6.92. The smallest absolute Gasteiger partial charge is 0.335 e. The number of benzene rings is 1. The van der Waals surface area contributed by atoms with E-state index < -0.39 is 11.6 Å². The minimum atomic E-state index is -0.928. The zero-order chi connectivity index (χ0) is 27.9. The zero-order valence-corrected chi connectivity index (χ0v) is 24.7. The summed E-state index contributed by atoms with van der Waals surface area (Å²) in [7, 11) is 0. The summed E-state index contributed by atoms with van der Waals surface area (Å²) in [6.07, 6.45) is 7.96. The largest absolute Gasteiger partial charge is 0.478 e. The van der Waals surface area contributed by atoms with Gasteiger partial charge in [-0.3, -0.25) is 4.79 Å². The normalized spacial score (nSPS) is 26.7. The molecule has 1 atom stereocenters. The Morgan fingerprint density at radius 2 is 1.71 bits per heavy atom. The van der Waals surface area contributed by atoms with Crippen LogP contribution in [0.5, 0.6) is 0 Å². The number of amidine groups is 1. The van der Waals surface area contributed by atoms with Gasteiger partial charge in [0.2, 0.25) is 0 Å². The predicted molar refractivity (Wildman–Crippen MR) is 153 cm³/mol. The van der Waals surface area contributed by atoms with E-state index in [1.165, 1.54) is 6.42 Å². The van der Waals surface area contributed by atoms with Crippen molar-refractivity contribution in [3.63, 3.8) is 0 Å². The first-order valence-corrected chi connectivity index (χ1v) is 14.7. The summed E-state index contributed by atoms with van der Waals surface area (Å²) in [4.78, 5) is 35.8. The lowest BCUT2D eigenvalue weighted by atomic mass is 9.69. The highest BCUT2D eigenvalue weighted by Crippen LogP contribution is 2.50. The van der Waals surface area contributed by atoms with Crippen molar-refractivity contribution in [1.29, 1.82) is 0 Å². The number of aromatic carboxylic acids is 1. The monoisotopic (exact) mass is 523 g/mol. The topological polar surface area (TPSA) is 73.2 Å². The van der Waals surface area contributed by atoms with E-state index in [0.29, 0.717) is 17.7 Å². The van der Waals surface area contributed by atoms with Crippen LogP contribution in [0.4, 0.5) is 0 Å². The third-order valence-corrected chi connectivity index (χ3v) is 9.26. The van der Waals surface area contributed by atoms with E-state index in [9.17, 15) is 14.7 Å². The number of hydrogen-bond donors (Lipinski definition) is 1. The lowest BCUT2D eigenvalue weighted by Crippen LogP contribution is -2.53. The molecule has 4 rings (SSSR count). The summed E-state index contributed by atoms with van der Waals surface area (Å²) in [5, 5.41) is 9.47. The van der Waals surface area contributed by atoms with Crippen molar-refractivity contribution in [3.05, 3.63) is 35.4 Å². The fraction of sp³-hybridized carbons (Fsp3) is 0.719. The lowest BCUT2D eigenvalue weighted by molar-refractivity contribution is -0.134. The Labute approximate surface area is 229 Å². The average Bonchev–Trinajstić information content (AvgIpc) is 3.10. The molecule has 2 heterocycles. The van der Waals surface area contributed by atoms with Gasteiger partial charge in [0.15, 0.2) is 5.84 Å². The van der Waals surface area contributed by atoms with Crippen molar-refractivity contribution in [2.24, 2.45) is 27.7 Å². The SMILES string of the molecule is CC(C)CCC(c1ccc(C(=O)O)cc1)N1C(=O)C(N2CCCC(C)(C)C2)=NC12CCC(C(C)(C)C)CC2. The van der Waals surface area contributed by atoms with Gasteiger partial charge in [-0.1, -0.05) is 60.6 Å². The van der Waals surface area contributed by atoms with Gasteiger partial charge in [0.1, 0.15) is 5.66 Å². The van der Waals surface area contributed by atoms with Crippen LogP contribution in [0.3, 0.4) is 0 Å². The number of carboxylic acid groups (broad SMARTS) is 1. The Bertz CT molecular complexity index is 1040. The molecule has 3 aliphatic rings. The van der Waals surface area contributed by atoms with Crippen LogP contribution < -0.4 is 0 Å². The van der Waals surface area contributed by atoms with Crippen molar-refractivity contribution in [1.82, 2.24) is 9.80 Å². The molecule has 6 nitrogen and oxygen atoms in total. The van der Waals surface area contributed by atoms with E-state index >= 15 is 0 Å². The van der Waals surface area contributed by atoms with Crippen LogP contribution >= 0.6 is 0 Å². The number of hydrogen-bond acceptors (Lipinski definition) is 4. The molecule has 1 aromatic rings. The first kappa shape index (κ1) is 28.6. The Morgan fingerprint density at radius 3 is 2.24 bits per heavy atom. The average molecular weight is 524 g/mol. The summed E-state index contributed by atoms with van der Waals surface area (Å²) in [5.41, 5.74) is 1.16. The second-order valence-corrected chi connectivity index (χ2v) is 14.3. The maximum atomic E-state index is 14.5. The van der Waals surface area contributed by atoms with E-state index in [1.54, 1.807) is 12.1 Å². The third-order valence-electron chi connectivity index (χ3n) is 9.26. The van der Waals surface area contributed by atoms with Crippen molar-refractivity contribution in [2.75, 3.05) is 13.1 Å². The van der Waals surface area contributed by atoms with Crippen molar-refractivity contribution in [2.45, 2.75) is 112 Å². The fourth-order valence-corrected chi connectivity index (χ4v) is 6.92. The molecule has 1 saturated heterocycles. The molecule has 1 aliphatic carbocycles. The van der Waals surface area contributed by atoms with Crippen LogP contribution in [-0.4, -0.2) is 51.4 Å². The van der Waals surface area contributed by atoms with Gasteiger partial charge < -0.3 is 14.9 Å². The van der Waals surface area contributed by atoms with Crippen molar-refractivity contribution < 1.29 is 14.7 Å². The molecule has 210 valence electrons. The van der Waals surface area contributed by atoms with Gasteiger partial charge in [-0.15, -0.1) is 0 Å². The highest BCUT2D eigenvalue weighted by atomic mass is 16.4. The van der Waals surface area contributed by atoms with Gasteiger partial charge in [0, 0.05) is 13.1 Å². The Morgan fingerprint density at radius 1 is 1.08 bits per heavy atom. The van der Waals surface area contributed by atoms with Crippen LogP contribution in [0.15, 0.2) is 29.3 Å². The predicted octanol–water partition coefficient (Wildman–Crippen LogP) is 7.16. The minimum Gasteiger partial charge on any atom is -0.478 e. The van der Waals surface area contributed by atoms with Crippen molar-refractivity contribution in [3.8, 4) is 0 Å². The standard InChI is InChI=1S/C32H49N3O3/c1-22(2)9-14-26(23-10-12-24(13-11-23)29(37)38)35-28(36)27(34-20-8-17-31(6,7)21-34)33-32(35)18-15-25(16-19-32)30(3,4)5/h10-13,22,25-26H,8-9,14-21H2,1-7H3,(H,37,38). The third kappa shape index (κ3) is 5.94. The van der Waals surface area contributed by atoms with Crippen LogP contribution in [0, 0.1) is 22.7 Å². The summed E-state index contributed by atoms with van der Waals surface area (Å²) in [6, 6.07) is 7.06. The van der Waals surface area contributed by atoms with E-state index in [0.717, 1.165) is 63.6 Å². The number of carboxylic acids is 1.